The minimum absolute atomic E-state index is 0.0407. The van der Waals surface area contributed by atoms with Gasteiger partial charge in [0.2, 0.25) is 0 Å². The first-order valence-corrected chi connectivity index (χ1v) is 4.95. The minimum Gasteiger partial charge on any atom is -0.328 e. The van der Waals surface area contributed by atoms with Gasteiger partial charge in [0.25, 0.3) is 0 Å². The summed E-state index contributed by atoms with van der Waals surface area (Å²) in [6, 6.07) is 0.0407. The maximum Gasteiger partial charge on any atom is 0.134 e. The Morgan fingerprint density at radius 1 is 1.50 bits per heavy atom. The summed E-state index contributed by atoms with van der Waals surface area (Å²) in [5.74, 6) is 1.04. The van der Waals surface area contributed by atoms with Crippen LogP contribution in [0, 0.1) is 5.92 Å². The summed E-state index contributed by atoms with van der Waals surface area (Å²) >= 11 is 0. The Labute approximate surface area is 74.5 Å². The Kier molecular flexibility index (Phi) is 3.73. The zero-order valence-electron chi connectivity index (χ0n) is 7.88. The summed E-state index contributed by atoms with van der Waals surface area (Å²) in [6.07, 6.45) is 6.49. The number of hydrogen-bond acceptors (Lipinski definition) is 2. The van der Waals surface area contributed by atoms with Gasteiger partial charge in [0.1, 0.15) is 5.78 Å². The van der Waals surface area contributed by atoms with Crippen LogP contribution in [-0.2, 0) is 4.79 Å². The zero-order valence-corrected chi connectivity index (χ0v) is 7.88. The molecule has 0 radical (unpaired) electrons. The van der Waals surface area contributed by atoms with Gasteiger partial charge in [0.15, 0.2) is 0 Å². The normalized spacial score (nSPS) is 21.2. The summed E-state index contributed by atoms with van der Waals surface area (Å²) in [6.45, 7) is 1.90. The van der Waals surface area contributed by atoms with Gasteiger partial charge >= 0.3 is 0 Å². The lowest BCUT2D eigenvalue weighted by Gasteiger charge is -2.08. The second kappa shape index (κ2) is 4.61. The molecule has 1 fully saturated rings. The Morgan fingerprint density at radius 2 is 2.08 bits per heavy atom. The molecule has 1 rings (SSSR count). The van der Waals surface area contributed by atoms with Crippen LogP contribution in [0.15, 0.2) is 0 Å². The molecule has 0 aromatic carbocycles. The standard InChI is InChI=1S/C10H19NO/c1-8(11)6-10(12)7-9-4-2-3-5-9/h8-9H,2-7,11H2,1H3. The van der Waals surface area contributed by atoms with Crippen molar-refractivity contribution in [2.75, 3.05) is 0 Å². The lowest BCUT2D eigenvalue weighted by molar-refractivity contribution is -0.120. The van der Waals surface area contributed by atoms with Gasteiger partial charge in [-0.25, -0.2) is 0 Å². The number of hydrogen-bond donors (Lipinski definition) is 1. The third-order valence-electron chi connectivity index (χ3n) is 2.54. The summed E-state index contributed by atoms with van der Waals surface area (Å²) < 4.78 is 0. The highest BCUT2D eigenvalue weighted by Gasteiger charge is 2.18. The van der Waals surface area contributed by atoms with Crippen molar-refractivity contribution >= 4 is 5.78 Å². The van der Waals surface area contributed by atoms with Gasteiger partial charge in [-0.05, 0) is 12.8 Å². The number of nitrogens with two attached hydrogens (primary N) is 1. The van der Waals surface area contributed by atoms with Gasteiger partial charge in [-0.3, -0.25) is 4.79 Å². The topological polar surface area (TPSA) is 43.1 Å². The highest BCUT2D eigenvalue weighted by molar-refractivity contribution is 5.79. The van der Waals surface area contributed by atoms with Crippen molar-refractivity contribution in [2.45, 2.75) is 51.5 Å². The second-order valence-electron chi connectivity index (χ2n) is 4.07. The van der Waals surface area contributed by atoms with Crippen molar-refractivity contribution in [3.05, 3.63) is 0 Å². The third kappa shape index (κ3) is 3.35. The molecule has 2 N–H and O–H groups in total. The van der Waals surface area contributed by atoms with E-state index in [0.717, 1.165) is 6.42 Å². The van der Waals surface area contributed by atoms with Crippen molar-refractivity contribution in [3.63, 3.8) is 0 Å². The number of ketones is 1. The quantitative estimate of drug-likeness (QED) is 0.698. The van der Waals surface area contributed by atoms with Crippen LogP contribution in [0.4, 0.5) is 0 Å². The predicted octanol–water partition coefficient (Wildman–Crippen LogP) is 1.87. The molecule has 0 aliphatic heterocycles. The largest absolute Gasteiger partial charge is 0.328 e. The summed E-state index contributed by atoms with van der Waals surface area (Å²) in [5.41, 5.74) is 5.55. The molecule has 12 heavy (non-hydrogen) atoms. The molecule has 2 heteroatoms. The van der Waals surface area contributed by atoms with E-state index < -0.39 is 0 Å². The molecule has 0 saturated heterocycles. The van der Waals surface area contributed by atoms with Gasteiger partial charge in [-0.15, -0.1) is 0 Å². The SMILES string of the molecule is CC(N)CC(=O)CC1CCCC1. The molecule has 70 valence electrons. The van der Waals surface area contributed by atoms with Crippen LogP contribution >= 0.6 is 0 Å². The Balaban J connectivity index is 2.16. The van der Waals surface area contributed by atoms with Crippen molar-refractivity contribution in [3.8, 4) is 0 Å². The van der Waals surface area contributed by atoms with Crippen LogP contribution in [0.5, 0.6) is 0 Å². The van der Waals surface area contributed by atoms with E-state index in [1.807, 2.05) is 6.92 Å². The Morgan fingerprint density at radius 3 is 2.58 bits per heavy atom. The van der Waals surface area contributed by atoms with Gasteiger partial charge < -0.3 is 5.73 Å². The number of Topliss-reactive ketones (excluding diaryl/α,β-unsaturated/α-hetero) is 1. The fourth-order valence-corrected chi connectivity index (χ4v) is 1.98. The maximum absolute atomic E-state index is 11.3. The minimum atomic E-state index is 0.0407. The van der Waals surface area contributed by atoms with E-state index in [-0.39, 0.29) is 6.04 Å². The average molecular weight is 169 g/mol. The van der Waals surface area contributed by atoms with Gasteiger partial charge in [-0.1, -0.05) is 25.7 Å². The van der Waals surface area contributed by atoms with Crippen molar-refractivity contribution < 1.29 is 4.79 Å². The molecule has 0 bridgehead atoms. The molecule has 0 amide bonds. The molecule has 2 nitrogen and oxygen atoms in total. The zero-order chi connectivity index (χ0) is 8.97. The molecule has 1 atom stereocenters. The smallest absolute Gasteiger partial charge is 0.134 e. The molecule has 1 aliphatic rings. The molecule has 1 aliphatic carbocycles. The second-order valence-corrected chi connectivity index (χ2v) is 4.07. The van der Waals surface area contributed by atoms with E-state index in [1.54, 1.807) is 0 Å². The lowest BCUT2D eigenvalue weighted by atomic mass is 9.98. The van der Waals surface area contributed by atoms with Crippen LogP contribution in [0.2, 0.25) is 0 Å². The fourth-order valence-electron chi connectivity index (χ4n) is 1.98. The molecule has 0 aromatic rings. The Hall–Kier alpha value is -0.370. The Bertz CT molecular complexity index is 148. The van der Waals surface area contributed by atoms with Crippen LogP contribution < -0.4 is 5.73 Å². The summed E-state index contributed by atoms with van der Waals surface area (Å²) in [4.78, 5) is 11.3. The number of carbonyl (C=O) groups excluding carboxylic acids is 1. The van der Waals surface area contributed by atoms with Crippen LogP contribution in [0.1, 0.15) is 45.4 Å². The monoisotopic (exact) mass is 169 g/mol. The van der Waals surface area contributed by atoms with E-state index in [1.165, 1.54) is 25.7 Å². The highest BCUT2D eigenvalue weighted by atomic mass is 16.1. The lowest BCUT2D eigenvalue weighted by Crippen LogP contribution is -2.20. The van der Waals surface area contributed by atoms with Crippen molar-refractivity contribution in [1.29, 1.82) is 0 Å². The number of carbonyl (C=O) groups is 1. The van der Waals surface area contributed by atoms with E-state index in [9.17, 15) is 4.79 Å². The van der Waals surface area contributed by atoms with Gasteiger partial charge in [0, 0.05) is 18.9 Å². The molecule has 0 spiro atoms. The average Bonchev–Trinajstić information content (AvgIpc) is 2.37. The predicted molar refractivity (Wildman–Crippen MR) is 49.8 cm³/mol. The van der Waals surface area contributed by atoms with Crippen LogP contribution in [0.25, 0.3) is 0 Å². The molecule has 0 heterocycles. The highest BCUT2D eigenvalue weighted by Crippen LogP contribution is 2.27. The first-order chi connectivity index (χ1) is 5.68. The summed E-state index contributed by atoms with van der Waals surface area (Å²) in [7, 11) is 0. The van der Waals surface area contributed by atoms with E-state index in [0.29, 0.717) is 18.1 Å². The van der Waals surface area contributed by atoms with E-state index in [4.69, 9.17) is 5.73 Å². The van der Waals surface area contributed by atoms with Gasteiger partial charge in [-0.2, -0.15) is 0 Å². The van der Waals surface area contributed by atoms with Crippen LogP contribution in [-0.4, -0.2) is 11.8 Å². The third-order valence-corrected chi connectivity index (χ3v) is 2.54. The van der Waals surface area contributed by atoms with Crippen LogP contribution in [0.3, 0.4) is 0 Å². The molecule has 1 unspecified atom stereocenters. The van der Waals surface area contributed by atoms with Crippen molar-refractivity contribution in [2.24, 2.45) is 11.7 Å². The molecule has 1 saturated carbocycles. The maximum atomic E-state index is 11.3. The first-order valence-electron chi connectivity index (χ1n) is 4.95. The van der Waals surface area contributed by atoms with Crippen molar-refractivity contribution in [1.82, 2.24) is 0 Å². The molecular formula is C10H19NO. The van der Waals surface area contributed by atoms with E-state index in [2.05, 4.69) is 0 Å². The van der Waals surface area contributed by atoms with E-state index >= 15 is 0 Å². The summed E-state index contributed by atoms with van der Waals surface area (Å²) in [5, 5.41) is 0. The van der Waals surface area contributed by atoms with Gasteiger partial charge in [0.05, 0.1) is 0 Å². The molecular weight excluding hydrogens is 150 g/mol. The fraction of sp³-hybridized carbons (Fsp3) is 0.900. The first kappa shape index (κ1) is 9.72. The molecule has 0 aromatic heterocycles. The number of rotatable bonds is 4.